The smallest absolute Gasteiger partial charge is 0.275 e. The van der Waals surface area contributed by atoms with Crippen molar-refractivity contribution in [2.45, 2.75) is 65.5 Å². The highest BCUT2D eigenvalue weighted by atomic mass is 35.5. The lowest BCUT2D eigenvalue weighted by molar-refractivity contribution is 0.0544. The summed E-state index contributed by atoms with van der Waals surface area (Å²) in [6, 6.07) is 15.0. The van der Waals surface area contributed by atoms with Crippen LogP contribution in [0.25, 0.3) is 16.9 Å². The van der Waals surface area contributed by atoms with Crippen LogP contribution in [0.5, 0.6) is 0 Å². The number of carbonyl (C=O) groups excluding carboxylic acids is 2. The van der Waals surface area contributed by atoms with E-state index in [0.717, 1.165) is 48.1 Å². The Morgan fingerprint density at radius 3 is 2.44 bits per heavy atom. The van der Waals surface area contributed by atoms with E-state index >= 15 is 0 Å². The van der Waals surface area contributed by atoms with Crippen LogP contribution in [0.15, 0.2) is 54.7 Å². The monoisotopic (exact) mass is 602 g/mol. The summed E-state index contributed by atoms with van der Waals surface area (Å²) in [4.78, 5) is 31.7. The average molecular weight is 603 g/mol. The molecule has 0 saturated carbocycles. The number of fused-ring (bicyclic) bond motifs is 1. The predicted molar refractivity (Wildman–Crippen MR) is 168 cm³/mol. The summed E-state index contributed by atoms with van der Waals surface area (Å²) in [5, 5.41) is 22.4. The number of amides is 2. The lowest BCUT2D eigenvalue weighted by atomic mass is 9.93. The van der Waals surface area contributed by atoms with Gasteiger partial charge in [-0.2, -0.15) is 10.2 Å². The number of halogens is 1. The number of benzene rings is 2. The summed E-state index contributed by atoms with van der Waals surface area (Å²) in [5.74, 6) is -0.444. The molecule has 0 radical (unpaired) electrons. The number of aromatic nitrogens is 4. The maximum atomic E-state index is 14.4. The minimum atomic E-state index is -0.379. The first kappa shape index (κ1) is 30.5. The molecule has 4 aromatic rings. The molecule has 1 atom stereocenters. The van der Waals surface area contributed by atoms with Crippen LogP contribution in [0.4, 0.5) is 0 Å². The fourth-order valence-electron chi connectivity index (χ4n) is 5.64. The van der Waals surface area contributed by atoms with Crippen molar-refractivity contribution in [3.63, 3.8) is 0 Å². The number of aromatic amines is 1. The first-order valence-corrected chi connectivity index (χ1v) is 15.4. The molecule has 1 aliphatic rings. The van der Waals surface area contributed by atoms with Gasteiger partial charge in [-0.3, -0.25) is 14.7 Å². The first-order chi connectivity index (χ1) is 20.9. The van der Waals surface area contributed by atoms with Crippen molar-refractivity contribution in [2.75, 3.05) is 19.7 Å². The highest BCUT2D eigenvalue weighted by Crippen LogP contribution is 2.32. The molecule has 2 aromatic carbocycles. The number of unbranched alkanes of at least 4 members (excludes halogenated alkanes) is 2. The third kappa shape index (κ3) is 6.24. The maximum absolute atomic E-state index is 14.4. The van der Waals surface area contributed by atoms with Crippen molar-refractivity contribution >= 4 is 23.4 Å². The Morgan fingerprint density at radius 2 is 1.79 bits per heavy atom. The minimum absolute atomic E-state index is 0.160. The summed E-state index contributed by atoms with van der Waals surface area (Å²) in [6.45, 7) is 7.49. The zero-order chi connectivity index (χ0) is 30.5. The predicted octanol–water partition coefficient (Wildman–Crippen LogP) is 5.83. The molecule has 0 fully saturated rings. The van der Waals surface area contributed by atoms with Gasteiger partial charge in [-0.15, -0.1) is 0 Å². The minimum Gasteiger partial charge on any atom is -0.394 e. The van der Waals surface area contributed by atoms with Crippen LogP contribution in [-0.2, 0) is 13.0 Å². The fraction of sp³-hybridized carbons (Fsp3) is 0.394. The molecule has 2 N–H and O–H groups in total. The van der Waals surface area contributed by atoms with Crippen LogP contribution >= 0.6 is 11.6 Å². The number of nitrogens with one attached hydrogen (secondary N) is 1. The molecule has 43 heavy (non-hydrogen) atoms. The van der Waals surface area contributed by atoms with Crippen molar-refractivity contribution in [2.24, 2.45) is 0 Å². The molecule has 0 saturated heterocycles. The summed E-state index contributed by atoms with van der Waals surface area (Å²) < 4.78 is 1.60. The van der Waals surface area contributed by atoms with Gasteiger partial charge in [-0.25, -0.2) is 4.68 Å². The van der Waals surface area contributed by atoms with Gasteiger partial charge in [0, 0.05) is 31.4 Å². The van der Waals surface area contributed by atoms with E-state index in [2.05, 4.69) is 24.0 Å². The Hall–Kier alpha value is -3.95. The van der Waals surface area contributed by atoms with Crippen molar-refractivity contribution < 1.29 is 14.7 Å². The number of aliphatic hydroxyl groups excluding tert-OH is 1. The third-order valence-corrected chi connectivity index (χ3v) is 8.64. The number of H-pyrrole nitrogens is 1. The number of rotatable bonds is 11. The van der Waals surface area contributed by atoms with Crippen molar-refractivity contribution in [1.29, 1.82) is 0 Å². The van der Waals surface area contributed by atoms with Crippen molar-refractivity contribution in [3.05, 3.63) is 87.8 Å². The summed E-state index contributed by atoms with van der Waals surface area (Å²) >= 11 is 6.79. The molecular formula is C33H39ClN6O3. The van der Waals surface area contributed by atoms with Crippen LogP contribution in [0.1, 0.15) is 77.2 Å². The maximum Gasteiger partial charge on any atom is 0.275 e. The molecule has 2 aromatic heterocycles. The van der Waals surface area contributed by atoms with Gasteiger partial charge in [0.2, 0.25) is 0 Å². The fourth-order valence-corrected chi connectivity index (χ4v) is 5.83. The number of carbonyl (C=O) groups is 2. The average Bonchev–Trinajstić information content (AvgIpc) is 3.68. The molecule has 1 aliphatic heterocycles. The Kier molecular flexibility index (Phi) is 9.62. The van der Waals surface area contributed by atoms with E-state index in [-0.39, 0.29) is 35.2 Å². The van der Waals surface area contributed by atoms with E-state index in [9.17, 15) is 14.7 Å². The molecule has 3 heterocycles. The van der Waals surface area contributed by atoms with Crippen LogP contribution in [0.2, 0.25) is 5.02 Å². The standard InChI is InChI=1S/C33H39ClN6O3/c1-4-6-16-38(17-7-5-2)33(43)31-30(34)22(3)40(37-31)29-13-12-24(28-14-15-35-36-28)19-27(29)32(42)39-20-25-11-9-8-10-23(25)18-26(39)21-41/h8-15,19,26,41H,4-7,16-18,20-21H2,1-3H3,(H,35,36). The molecule has 5 rings (SSSR count). The van der Waals surface area contributed by atoms with Crippen LogP contribution < -0.4 is 0 Å². The molecule has 2 amide bonds. The zero-order valence-corrected chi connectivity index (χ0v) is 25.8. The molecule has 226 valence electrons. The van der Waals surface area contributed by atoms with E-state index in [4.69, 9.17) is 16.7 Å². The molecule has 0 aliphatic carbocycles. The summed E-state index contributed by atoms with van der Waals surface area (Å²) in [6.07, 6.45) is 5.95. The molecular weight excluding hydrogens is 564 g/mol. The number of aliphatic hydroxyl groups is 1. The van der Waals surface area contributed by atoms with Gasteiger partial charge >= 0.3 is 0 Å². The van der Waals surface area contributed by atoms with Gasteiger partial charge < -0.3 is 14.9 Å². The van der Waals surface area contributed by atoms with Crippen LogP contribution in [-0.4, -0.2) is 72.4 Å². The van der Waals surface area contributed by atoms with Gasteiger partial charge in [-0.1, -0.05) is 68.6 Å². The molecule has 9 nitrogen and oxygen atoms in total. The number of hydrogen-bond donors (Lipinski definition) is 2. The molecule has 1 unspecified atom stereocenters. The second-order valence-electron chi connectivity index (χ2n) is 11.1. The molecule has 10 heteroatoms. The Balaban J connectivity index is 1.58. The van der Waals surface area contributed by atoms with Crippen molar-refractivity contribution in [1.82, 2.24) is 29.8 Å². The SMILES string of the molecule is CCCCN(CCCC)C(=O)c1nn(-c2ccc(-c3ccn[nH]3)cc2C(=O)N2Cc3ccccc3CC2CO)c(C)c1Cl. The largest absolute Gasteiger partial charge is 0.394 e. The first-order valence-electron chi connectivity index (χ1n) is 15.0. The van der Waals surface area contributed by atoms with Crippen LogP contribution in [0, 0.1) is 6.92 Å². The van der Waals surface area contributed by atoms with Gasteiger partial charge in [0.1, 0.15) is 0 Å². The third-order valence-electron chi connectivity index (χ3n) is 8.19. The summed E-state index contributed by atoms with van der Waals surface area (Å²) in [5.41, 5.74) is 5.38. The lowest BCUT2D eigenvalue weighted by Crippen LogP contribution is -2.46. The van der Waals surface area contributed by atoms with E-state index in [1.54, 1.807) is 22.7 Å². The van der Waals surface area contributed by atoms with Crippen molar-refractivity contribution in [3.8, 4) is 16.9 Å². The topological polar surface area (TPSA) is 107 Å². The van der Waals surface area contributed by atoms with E-state index in [0.29, 0.717) is 43.0 Å². The van der Waals surface area contributed by atoms with Gasteiger partial charge in [0.15, 0.2) is 5.69 Å². The van der Waals surface area contributed by atoms with E-state index in [1.807, 2.05) is 53.4 Å². The van der Waals surface area contributed by atoms with E-state index < -0.39 is 0 Å². The van der Waals surface area contributed by atoms with Gasteiger partial charge in [0.05, 0.1) is 40.3 Å². The Morgan fingerprint density at radius 1 is 1.07 bits per heavy atom. The second-order valence-corrected chi connectivity index (χ2v) is 11.5. The zero-order valence-electron chi connectivity index (χ0n) is 25.0. The Labute approximate surface area is 257 Å². The van der Waals surface area contributed by atoms with Gasteiger partial charge in [0.25, 0.3) is 11.8 Å². The van der Waals surface area contributed by atoms with E-state index in [1.165, 1.54) is 0 Å². The number of hydrogen-bond acceptors (Lipinski definition) is 5. The second kappa shape index (κ2) is 13.6. The Bertz CT molecular complexity index is 1570. The van der Waals surface area contributed by atoms with Gasteiger partial charge in [-0.05, 0) is 55.5 Å². The number of nitrogens with zero attached hydrogens (tertiary/aromatic N) is 5. The molecule has 0 bridgehead atoms. The highest BCUT2D eigenvalue weighted by Gasteiger charge is 2.33. The normalized spacial score (nSPS) is 14.5. The lowest BCUT2D eigenvalue weighted by Gasteiger charge is -2.36. The highest BCUT2D eigenvalue weighted by molar-refractivity contribution is 6.34. The quantitative estimate of drug-likeness (QED) is 0.225. The summed E-state index contributed by atoms with van der Waals surface area (Å²) in [7, 11) is 0. The molecule has 0 spiro atoms. The van der Waals surface area contributed by atoms with Crippen LogP contribution in [0.3, 0.4) is 0 Å².